The Morgan fingerprint density at radius 1 is 1.05 bits per heavy atom. The second kappa shape index (κ2) is 11.2. The lowest BCUT2D eigenvalue weighted by atomic mass is 9.82. The van der Waals surface area contributed by atoms with E-state index in [1.165, 1.54) is 17.1 Å². The zero-order valence-corrected chi connectivity index (χ0v) is 23.3. The van der Waals surface area contributed by atoms with Crippen LogP contribution in [0, 0.1) is 23.0 Å². The van der Waals surface area contributed by atoms with Crippen molar-refractivity contribution in [1.29, 1.82) is 0 Å². The van der Waals surface area contributed by atoms with Gasteiger partial charge in [-0.2, -0.15) is 14.6 Å². The molecule has 5 rings (SSSR count). The Morgan fingerprint density at radius 2 is 1.80 bits per heavy atom. The maximum atomic E-state index is 14.8. The molecule has 11 heteroatoms. The van der Waals surface area contributed by atoms with Crippen LogP contribution in [0.1, 0.15) is 51.2 Å². The van der Waals surface area contributed by atoms with Gasteiger partial charge in [-0.1, -0.05) is 13.0 Å². The van der Waals surface area contributed by atoms with Crippen LogP contribution in [0.15, 0.2) is 52.8 Å². The van der Waals surface area contributed by atoms with Gasteiger partial charge >= 0.3 is 0 Å². The number of pyridine rings is 1. The summed E-state index contributed by atoms with van der Waals surface area (Å²) in [4.78, 5) is 29.2. The molecule has 41 heavy (non-hydrogen) atoms. The average Bonchev–Trinajstić information content (AvgIpc) is 3.18. The van der Waals surface area contributed by atoms with Crippen LogP contribution in [0.5, 0.6) is 11.5 Å². The Hall–Kier alpha value is -4.41. The standard InChI is InChI=1S/C30H31F2N5O4/c1-17-16-23(38)34-35-26(17)20-10-11-21(25(32)24(20)31)41-15-6-5-14-37-29(39)30(2,3)28(36-37)19-9-12-22(40-4)27-18(19)8-7-13-33-27/h7-13,17H,5-6,14-16H2,1-4H3,(H,34,38). The number of unbranched alkanes of at least 4 members (excludes halogenated alkanes) is 1. The maximum Gasteiger partial charge on any atom is 0.254 e. The number of halogens is 2. The first-order valence-electron chi connectivity index (χ1n) is 13.4. The highest BCUT2D eigenvalue weighted by Crippen LogP contribution is 2.36. The van der Waals surface area contributed by atoms with Gasteiger partial charge in [-0.3, -0.25) is 14.6 Å². The van der Waals surface area contributed by atoms with Gasteiger partial charge < -0.3 is 9.47 Å². The fourth-order valence-electron chi connectivity index (χ4n) is 5.14. The van der Waals surface area contributed by atoms with Crippen LogP contribution in [0.3, 0.4) is 0 Å². The van der Waals surface area contributed by atoms with Crippen molar-refractivity contribution in [3.63, 3.8) is 0 Å². The molecule has 1 N–H and O–H groups in total. The lowest BCUT2D eigenvalue weighted by molar-refractivity contribution is -0.135. The molecule has 9 nitrogen and oxygen atoms in total. The number of benzene rings is 2. The summed E-state index contributed by atoms with van der Waals surface area (Å²) in [7, 11) is 1.59. The van der Waals surface area contributed by atoms with Crippen molar-refractivity contribution < 1.29 is 27.8 Å². The molecule has 2 aromatic carbocycles. The van der Waals surface area contributed by atoms with E-state index in [1.807, 2.05) is 38.1 Å². The van der Waals surface area contributed by atoms with Gasteiger partial charge in [0.05, 0.1) is 30.6 Å². The Labute approximate surface area is 236 Å². The molecular formula is C30H31F2N5O4. The first-order valence-corrected chi connectivity index (χ1v) is 13.4. The molecule has 0 bridgehead atoms. The van der Waals surface area contributed by atoms with Gasteiger partial charge in [-0.05, 0) is 57.0 Å². The number of aromatic nitrogens is 1. The predicted octanol–water partition coefficient (Wildman–Crippen LogP) is 4.81. The van der Waals surface area contributed by atoms with Crippen molar-refractivity contribution in [1.82, 2.24) is 15.4 Å². The van der Waals surface area contributed by atoms with E-state index < -0.39 is 17.0 Å². The molecule has 0 saturated carbocycles. The van der Waals surface area contributed by atoms with Crippen molar-refractivity contribution in [3.8, 4) is 11.5 Å². The van der Waals surface area contributed by atoms with E-state index in [9.17, 15) is 18.4 Å². The van der Waals surface area contributed by atoms with E-state index in [1.54, 1.807) is 20.2 Å². The summed E-state index contributed by atoms with van der Waals surface area (Å²) in [5, 5.41) is 10.9. The lowest BCUT2D eigenvalue weighted by Crippen LogP contribution is -2.35. The normalized spacial score (nSPS) is 18.3. The molecule has 3 aromatic rings. The van der Waals surface area contributed by atoms with Crippen LogP contribution in [0.2, 0.25) is 0 Å². The molecule has 2 aliphatic rings. The number of carbonyl (C=O) groups is 2. The first kappa shape index (κ1) is 28.1. The molecule has 0 radical (unpaired) electrons. The average molecular weight is 564 g/mol. The molecule has 214 valence electrons. The van der Waals surface area contributed by atoms with E-state index in [0.717, 1.165) is 10.9 Å². The SMILES string of the molecule is COc1ccc(C2=NN(CCCCOc3ccc(C4=NNC(=O)CC4C)c(F)c3F)C(=O)C2(C)C)c2cccnc12. The molecule has 1 atom stereocenters. The second-order valence-corrected chi connectivity index (χ2v) is 10.6. The number of hydrogen-bond acceptors (Lipinski definition) is 7. The Balaban J connectivity index is 1.22. The number of carbonyl (C=O) groups excluding carboxylic acids is 2. The summed E-state index contributed by atoms with van der Waals surface area (Å²) < 4.78 is 40.5. The zero-order valence-electron chi connectivity index (χ0n) is 23.3. The molecule has 1 unspecified atom stereocenters. The predicted molar refractivity (Wildman–Crippen MR) is 150 cm³/mol. The first-order chi connectivity index (χ1) is 19.6. The fraction of sp³-hybridized carbons (Fsp3) is 0.367. The van der Waals surface area contributed by atoms with Crippen molar-refractivity contribution in [3.05, 3.63) is 65.4 Å². The third-order valence-corrected chi connectivity index (χ3v) is 7.39. The largest absolute Gasteiger partial charge is 0.494 e. The Bertz CT molecular complexity index is 1590. The summed E-state index contributed by atoms with van der Waals surface area (Å²) in [6.45, 7) is 5.89. The number of hydrogen-bond donors (Lipinski definition) is 1. The third-order valence-electron chi connectivity index (χ3n) is 7.39. The monoisotopic (exact) mass is 563 g/mol. The van der Waals surface area contributed by atoms with Crippen LogP contribution in [-0.2, 0) is 9.59 Å². The number of nitrogens with zero attached hydrogens (tertiary/aromatic N) is 4. The van der Waals surface area contributed by atoms with E-state index in [2.05, 4.69) is 20.6 Å². The number of fused-ring (bicyclic) bond motifs is 1. The second-order valence-electron chi connectivity index (χ2n) is 10.6. The molecule has 0 fully saturated rings. The maximum absolute atomic E-state index is 14.8. The Kier molecular flexibility index (Phi) is 7.70. The van der Waals surface area contributed by atoms with Crippen LogP contribution >= 0.6 is 0 Å². The number of hydrazone groups is 2. The van der Waals surface area contributed by atoms with Crippen LogP contribution < -0.4 is 14.9 Å². The molecular weight excluding hydrogens is 532 g/mol. The van der Waals surface area contributed by atoms with Gasteiger partial charge in [0.25, 0.3) is 5.91 Å². The molecule has 0 saturated heterocycles. The highest BCUT2D eigenvalue weighted by molar-refractivity contribution is 6.23. The van der Waals surface area contributed by atoms with Crippen LogP contribution in [0.25, 0.3) is 10.9 Å². The summed E-state index contributed by atoms with van der Waals surface area (Å²) in [6.07, 6.45) is 2.87. The minimum Gasteiger partial charge on any atom is -0.494 e. The van der Waals surface area contributed by atoms with E-state index in [4.69, 9.17) is 9.47 Å². The third kappa shape index (κ3) is 5.23. The molecule has 1 aromatic heterocycles. The van der Waals surface area contributed by atoms with Crippen molar-refractivity contribution in [2.75, 3.05) is 20.3 Å². The molecule has 2 amide bonds. The van der Waals surface area contributed by atoms with Gasteiger partial charge in [-0.25, -0.2) is 14.8 Å². The van der Waals surface area contributed by atoms with Crippen molar-refractivity contribution in [2.24, 2.45) is 21.5 Å². The van der Waals surface area contributed by atoms with E-state index in [-0.39, 0.29) is 47.8 Å². The fourth-order valence-corrected chi connectivity index (χ4v) is 5.14. The number of nitrogens with one attached hydrogen (secondary N) is 1. The molecule has 2 aliphatic heterocycles. The summed E-state index contributed by atoms with van der Waals surface area (Å²) >= 11 is 0. The van der Waals surface area contributed by atoms with Crippen LogP contribution in [0.4, 0.5) is 8.78 Å². The van der Waals surface area contributed by atoms with Gasteiger partial charge in [0.15, 0.2) is 11.6 Å². The van der Waals surface area contributed by atoms with Gasteiger partial charge in [0, 0.05) is 41.6 Å². The number of ether oxygens (including phenoxy) is 2. The summed E-state index contributed by atoms with van der Waals surface area (Å²) in [5.74, 6) is -2.49. The highest BCUT2D eigenvalue weighted by atomic mass is 19.2. The lowest BCUT2D eigenvalue weighted by Gasteiger charge is -2.20. The zero-order chi connectivity index (χ0) is 29.3. The quantitative estimate of drug-likeness (QED) is 0.376. The van der Waals surface area contributed by atoms with Crippen molar-refractivity contribution >= 4 is 34.1 Å². The number of amides is 2. The summed E-state index contributed by atoms with van der Waals surface area (Å²) in [6, 6.07) is 10.2. The molecule has 3 heterocycles. The molecule has 0 spiro atoms. The highest BCUT2D eigenvalue weighted by Gasteiger charge is 2.44. The topological polar surface area (TPSA) is 105 Å². The van der Waals surface area contributed by atoms with Crippen molar-refractivity contribution in [2.45, 2.75) is 40.0 Å². The summed E-state index contributed by atoms with van der Waals surface area (Å²) in [5.41, 5.74) is 3.89. The van der Waals surface area contributed by atoms with Gasteiger partial charge in [0.1, 0.15) is 11.3 Å². The Morgan fingerprint density at radius 3 is 2.56 bits per heavy atom. The minimum absolute atomic E-state index is 0.00778. The molecule has 0 aliphatic carbocycles. The van der Waals surface area contributed by atoms with E-state index >= 15 is 0 Å². The van der Waals surface area contributed by atoms with Crippen LogP contribution in [-0.4, -0.2) is 53.5 Å². The minimum atomic E-state index is -1.11. The number of methoxy groups -OCH3 is 1. The van der Waals surface area contributed by atoms with Gasteiger partial charge in [0.2, 0.25) is 11.7 Å². The van der Waals surface area contributed by atoms with Gasteiger partial charge in [-0.15, -0.1) is 0 Å². The number of rotatable bonds is 9. The van der Waals surface area contributed by atoms with E-state index in [0.29, 0.717) is 36.4 Å². The smallest absolute Gasteiger partial charge is 0.254 e.